The topological polar surface area (TPSA) is 59.2 Å². The Kier molecular flexibility index (Phi) is 3.85. The van der Waals surface area contributed by atoms with Crippen molar-refractivity contribution in [3.8, 4) is 0 Å². The van der Waals surface area contributed by atoms with Crippen LogP contribution in [0.5, 0.6) is 0 Å². The van der Waals surface area contributed by atoms with E-state index in [2.05, 4.69) is 9.72 Å². The van der Waals surface area contributed by atoms with Crippen molar-refractivity contribution in [1.29, 1.82) is 0 Å². The van der Waals surface area contributed by atoms with Crippen LogP contribution in [0.15, 0.2) is 23.1 Å². The third-order valence-electron chi connectivity index (χ3n) is 1.93. The van der Waals surface area contributed by atoms with Crippen molar-refractivity contribution in [3.63, 3.8) is 0 Å². The Balaban J connectivity index is 2.69. The molecule has 1 aromatic rings. The van der Waals surface area contributed by atoms with E-state index >= 15 is 0 Å². The summed E-state index contributed by atoms with van der Waals surface area (Å²) in [6, 6.07) is 1.76. The number of methoxy groups -OCH3 is 1. The van der Waals surface area contributed by atoms with Gasteiger partial charge < -0.3 is 9.72 Å². The number of hydrogen-bond donors (Lipinski definition) is 1. The zero-order chi connectivity index (χ0) is 11.3. The molecule has 0 saturated carbocycles. The predicted molar refractivity (Wildman–Crippen MR) is 57.5 cm³/mol. The van der Waals surface area contributed by atoms with Crippen molar-refractivity contribution < 1.29 is 9.53 Å². The van der Waals surface area contributed by atoms with Crippen molar-refractivity contribution in [2.75, 3.05) is 7.11 Å². The summed E-state index contributed by atoms with van der Waals surface area (Å²) < 4.78 is 4.48. The van der Waals surface area contributed by atoms with Gasteiger partial charge in [-0.05, 0) is 18.6 Å². The van der Waals surface area contributed by atoms with Gasteiger partial charge in [0.1, 0.15) is 0 Å². The summed E-state index contributed by atoms with van der Waals surface area (Å²) in [5.74, 6) is -0.285. The number of H-pyrrole nitrogens is 1. The normalized spacial score (nSPS) is 10.5. The minimum absolute atomic E-state index is 0.0971. The lowest BCUT2D eigenvalue weighted by Crippen LogP contribution is -2.07. The van der Waals surface area contributed by atoms with Gasteiger partial charge in [-0.15, -0.1) is 0 Å². The highest BCUT2D eigenvalue weighted by Crippen LogP contribution is 2.01. The third-order valence-corrected chi connectivity index (χ3v) is 1.93. The molecule has 1 N–H and O–H groups in total. The first-order chi connectivity index (χ1) is 7.13. The highest BCUT2D eigenvalue weighted by Gasteiger charge is 1.95. The molecule has 1 heterocycles. The molecule has 0 atom stereocenters. The Morgan fingerprint density at radius 1 is 1.60 bits per heavy atom. The lowest BCUT2D eigenvalue weighted by Gasteiger charge is -1.95. The number of esters is 1. The fourth-order valence-electron chi connectivity index (χ4n) is 1.09. The SMILES string of the molecule is COC(=O)CC=Cc1c[nH]c(=O)c(C)c1. The monoisotopic (exact) mass is 207 g/mol. The summed E-state index contributed by atoms with van der Waals surface area (Å²) >= 11 is 0. The number of rotatable bonds is 3. The minimum Gasteiger partial charge on any atom is -0.469 e. The van der Waals surface area contributed by atoms with E-state index in [1.54, 1.807) is 31.3 Å². The first-order valence-electron chi connectivity index (χ1n) is 4.56. The van der Waals surface area contributed by atoms with Crippen LogP contribution in [0.3, 0.4) is 0 Å². The van der Waals surface area contributed by atoms with Crippen molar-refractivity contribution in [1.82, 2.24) is 4.98 Å². The molecule has 0 aliphatic heterocycles. The lowest BCUT2D eigenvalue weighted by atomic mass is 10.2. The molecule has 0 aliphatic carbocycles. The van der Waals surface area contributed by atoms with Crippen LogP contribution in [-0.2, 0) is 9.53 Å². The first-order valence-corrected chi connectivity index (χ1v) is 4.56. The van der Waals surface area contributed by atoms with E-state index in [0.29, 0.717) is 5.56 Å². The van der Waals surface area contributed by atoms with Gasteiger partial charge in [0.05, 0.1) is 13.5 Å². The fourth-order valence-corrected chi connectivity index (χ4v) is 1.09. The van der Waals surface area contributed by atoms with E-state index in [9.17, 15) is 9.59 Å². The number of aromatic amines is 1. The summed E-state index contributed by atoms with van der Waals surface area (Å²) in [6.45, 7) is 1.73. The minimum atomic E-state index is -0.285. The number of aryl methyl sites for hydroxylation is 1. The molecular weight excluding hydrogens is 194 g/mol. The summed E-state index contributed by atoms with van der Waals surface area (Å²) in [7, 11) is 1.35. The quantitative estimate of drug-likeness (QED) is 0.759. The number of pyridine rings is 1. The molecule has 0 aliphatic rings. The number of carbonyl (C=O) groups excluding carboxylic acids is 1. The van der Waals surface area contributed by atoms with Crippen LogP contribution in [0, 0.1) is 6.92 Å². The predicted octanol–water partition coefficient (Wildman–Crippen LogP) is 1.26. The molecule has 0 aromatic carbocycles. The Morgan fingerprint density at radius 2 is 2.33 bits per heavy atom. The molecule has 0 spiro atoms. The van der Waals surface area contributed by atoms with Gasteiger partial charge in [0.25, 0.3) is 5.56 Å². The second-order valence-corrected chi connectivity index (χ2v) is 3.13. The molecule has 1 rings (SSSR count). The van der Waals surface area contributed by atoms with Crippen molar-refractivity contribution in [2.24, 2.45) is 0 Å². The largest absolute Gasteiger partial charge is 0.469 e. The van der Waals surface area contributed by atoms with Crippen molar-refractivity contribution in [2.45, 2.75) is 13.3 Å². The van der Waals surface area contributed by atoms with Crippen LogP contribution in [0.25, 0.3) is 6.08 Å². The van der Waals surface area contributed by atoms with Gasteiger partial charge in [0, 0.05) is 11.8 Å². The highest BCUT2D eigenvalue weighted by atomic mass is 16.5. The molecule has 0 saturated heterocycles. The molecule has 1 aromatic heterocycles. The fraction of sp³-hybridized carbons (Fsp3) is 0.273. The van der Waals surface area contributed by atoms with Crippen molar-refractivity contribution in [3.05, 3.63) is 39.8 Å². The first kappa shape index (κ1) is 11.2. The average Bonchev–Trinajstić information content (AvgIpc) is 2.23. The molecule has 4 nitrogen and oxygen atoms in total. The standard InChI is InChI=1S/C11H13NO3/c1-8-6-9(7-12-11(8)14)4-3-5-10(13)15-2/h3-4,6-7H,5H2,1-2H3,(H,12,14). The second kappa shape index (κ2) is 5.14. The van der Waals surface area contributed by atoms with Gasteiger partial charge in [-0.2, -0.15) is 0 Å². The van der Waals surface area contributed by atoms with Gasteiger partial charge in [-0.3, -0.25) is 9.59 Å². The van der Waals surface area contributed by atoms with Gasteiger partial charge in [0.15, 0.2) is 0 Å². The van der Waals surface area contributed by atoms with Crippen molar-refractivity contribution >= 4 is 12.0 Å². The Labute approximate surface area is 87.6 Å². The zero-order valence-corrected chi connectivity index (χ0v) is 8.74. The maximum atomic E-state index is 11.0. The molecule has 0 unspecified atom stereocenters. The maximum absolute atomic E-state index is 11.0. The highest BCUT2D eigenvalue weighted by molar-refractivity contribution is 5.72. The maximum Gasteiger partial charge on any atom is 0.309 e. The van der Waals surface area contributed by atoms with E-state index in [1.165, 1.54) is 7.11 Å². The molecule has 80 valence electrons. The van der Waals surface area contributed by atoms with Crippen LogP contribution >= 0.6 is 0 Å². The zero-order valence-electron chi connectivity index (χ0n) is 8.74. The summed E-state index contributed by atoms with van der Waals surface area (Å²) in [6.07, 6.45) is 5.29. The van der Waals surface area contributed by atoms with Crippen LogP contribution in [0.2, 0.25) is 0 Å². The van der Waals surface area contributed by atoms with Gasteiger partial charge in [-0.1, -0.05) is 12.2 Å². The molecule has 15 heavy (non-hydrogen) atoms. The Hall–Kier alpha value is -1.84. The second-order valence-electron chi connectivity index (χ2n) is 3.13. The number of hydrogen-bond acceptors (Lipinski definition) is 3. The van der Waals surface area contributed by atoms with Crippen LogP contribution in [0.4, 0.5) is 0 Å². The number of aromatic nitrogens is 1. The summed E-state index contributed by atoms with van der Waals surface area (Å²) in [4.78, 5) is 24.4. The summed E-state index contributed by atoms with van der Waals surface area (Å²) in [5, 5.41) is 0. The number of ether oxygens (including phenoxy) is 1. The van der Waals surface area contributed by atoms with E-state index in [1.807, 2.05) is 0 Å². The lowest BCUT2D eigenvalue weighted by molar-refractivity contribution is -0.139. The molecule has 0 radical (unpaired) electrons. The van der Waals surface area contributed by atoms with Crippen LogP contribution in [-0.4, -0.2) is 18.1 Å². The van der Waals surface area contributed by atoms with Gasteiger partial charge in [-0.25, -0.2) is 0 Å². The number of nitrogens with one attached hydrogen (secondary N) is 1. The molecule has 4 heteroatoms. The molecule has 0 amide bonds. The number of carbonyl (C=O) groups is 1. The average molecular weight is 207 g/mol. The van der Waals surface area contributed by atoms with E-state index < -0.39 is 0 Å². The Morgan fingerprint density at radius 3 is 2.93 bits per heavy atom. The summed E-state index contributed by atoms with van der Waals surface area (Å²) in [5.41, 5.74) is 1.41. The van der Waals surface area contributed by atoms with Crippen LogP contribution in [0.1, 0.15) is 17.5 Å². The van der Waals surface area contributed by atoms with Gasteiger partial charge in [0.2, 0.25) is 0 Å². The van der Waals surface area contributed by atoms with E-state index in [-0.39, 0.29) is 17.9 Å². The Bertz CT molecular complexity index is 432. The molecule has 0 bridgehead atoms. The van der Waals surface area contributed by atoms with Crippen LogP contribution < -0.4 is 5.56 Å². The smallest absolute Gasteiger partial charge is 0.309 e. The van der Waals surface area contributed by atoms with Gasteiger partial charge >= 0.3 is 5.97 Å². The third kappa shape index (κ3) is 3.42. The van der Waals surface area contributed by atoms with E-state index in [4.69, 9.17) is 0 Å². The van der Waals surface area contributed by atoms with E-state index in [0.717, 1.165) is 5.56 Å². The molecule has 0 fully saturated rings. The molecular formula is C11H13NO3.